The minimum Gasteiger partial charge on any atom is -0.497 e. The van der Waals surface area contributed by atoms with E-state index in [1.54, 1.807) is 7.11 Å². The third-order valence-corrected chi connectivity index (χ3v) is 3.57. The Balaban J connectivity index is 0.000000217. The molecular formula is C17H18N2O6. The average molecular weight is 346 g/mol. The van der Waals surface area contributed by atoms with Gasteiger partial charge in [-0.3, -0.25) is 9.78 Å². The molecule has 3 rings (SSSR count). The SMILES string of the molecule is COc1ccc2c(c1)[nH]c1c(C)nccc12.O=C(O)CC(O)C(=O)O. The molecule has 0 fully saturated rings. The summed E-state index contributed by atoms with van der Waals surface area (Å²) in [6.07, 6.45) is -0.702. The van der Waals surface area contributed by atoms with Crippen LogP contribution >= 0.6 is 0 Å². The smallest absolute Gasteiger partial charge is 0.333 e. The molecule has 0 bridgehead atoms. The number of nitrogens with one attached hydrogen (secondary N) is 1. The molecule has 0 saturated heterocycles. The van der Waals surface area contributed by atoms with Crippen LogP contribution in [-0.4, -0.2) is 50.4 Å². The first-order chi connectivity index (χ1) is 11.8. The molecule has 0 amide bonds. The maximum absolute atomic E-state index is 9.72. The summed E-state index contributed by atoms with van der Waals surface area (Å²) in [5, 5.41) is 26.6. The first-order valence-corrected chi connectivity index (χ1v) is 7.37. The Morgan fingerprint density at radius 2 is 1.96 bits per heavy atom. The van der Waals surface area contributed by atoms with Gasteiger partial charge in [-0.2, -0.15) is 0 Å². The van der Waals surface area contributed by atoms with E-state index in [0.717, 1.165) is 22.5 Å². The number of H-pyrrole nitrogens is 1. The van der Waals surface area contributed by atoms with Crippen LogP contribution in [0.4, 0.5) is 0 Å². The third-order valence-electron chi connectivity index (χ3n) is 3.57. The van der Waals surface area contributed by atoms with Crippen LogP contribution in [0.25, 0.3) is 21.8 Å². The molecule has 2 aromatic heterocycles. The number of aliphatic hydroxyl groups excluding tert-OH is 1. The normalized spacial score (nSPS) is 11.6. The lowest BCUT2D eigenvalue weighted by molar-refractivity contribution is -0.152. The van der Waals surface area contributed by atoms with Crippen LogP contribution in [0.3, 0.4) is 0 Å². The number of ether oxygens (including phenoxy) is 1. The number of aromatic amines is 1. The number of aliphatic carboxylic acids is 2. The molecule has 1 unspecified atom stereocenters. The zero-order valence-electron chi connectivity index (χ0n) is 13.7. The average Bonchev–Trinajstić information content (AvgIpc) is 2.94. The second-order valence-corrected chi connectivity index (χ2v) is 5.31. The van der Waals surface area contributed by atoms with Gasteiger partial charge in [-0.25, -0.2) is 4.79 Å². The maximum atomic E-state index is 9.72. The standard InChI is InChI=1S/C13H12N2O.C4H6O5/c1-8-13-11(5-6-14-8)10-4-3-9(16-2)7-12(10)15-13;5-2(4(8)9)1-3(6)7/h3-7,15H,1-2H3;2,5H,1H2,(H,6,7)(H,8,9). The van der Waals surface area contributed by atoms with Gasteiger partial charge in [0.15, 0.2) is 6.10 Å². The lowest BCUT2D eigenvalue weighted by Crippen LogP contribution is -2.22. The Kier molecular flexibility index (Phi) is 5.56. The summed E-state index contributed by atoms with van der Waals surface area (Å²) in [6, 6.07) is 8.10. The molecule has 0 aliphatic carbocycles. The van der Waals surface area contributed by atoms with Crippen molar-refractivity contribution in [2.75, 3.05) is 7.11 Å². The number of pyridine rings is 1. The maximum Gasteiger partial charge on any atom is 0.333 e. The fourth-order valence-corrected chi connectivity index (χ4v) is 2.32. The molecule has 8 nitrogen and oxygen atoms in total. The van der Waals surface area contributed by atoms with Gasteiger partial charge in [0.25, 0.3) is 0 Å². The van der Waals surface area contributed by atoms with E-state index in [1.165, 1.54) is 10.8 Å². The van der Waals surface area contributed by atoms with Crippen molar-refractivity contribution in [2.24, 2.45) is 0 Å². The van der Waals surface area contributed by atoms with E-state index >= 15 is 0 Å². The molecule has 25 heavy (non-hydrogen) atoms. The molecule has 0 aliphatic heterocycles. The zero-order valence-corrected chi connectivity index (χ0v) is 13.7. The Morgan fingerprint density at radius 3 is 2.52 bits per heavy atom. The highest BCUT2D eigenvalue weighted by Crippen LogP contribution is 2.28. The Labute approximate surface area is 142 Å². The van der Waals surface area contributed by atoms with Gasteiger partial charge in [0.05, 0.1) is 30.3 Å². The molecule has 0 spiro atoms. The highest BCUT2D eigenvalue weighted by molar-refractivity contribution is 6.08. The molecule has 0 radical (unpaired) electrons. The zero-order chi connectivity index (χ0) is 18.6. The van der Waals surface area contributed by atoms with E-state index < -0.39 is 24.5 Å². The highest BCUT2D eigenvalue weighted by Gasteiger charge is 2.16. The first kappa shape index (κ1) is 18.2. The van der Waals surface area contributed by atoms with Crippen LogP contribution in [0.2, 0.25) is 0 Å². The topological polar surface area (TPSA) is 133 Å². The summed E-state index contributed by atoms with van der Waals surface area (Å²) in [5.41, 5.74) is 3.21. The van der Waals surface area contributed by atoms with Crippen molar-refractivity contribution in [1.29, 1.82) is 0 Å². The number of carbonyl (C=O) groups is 2. The summed E-state index contributed by atoms with van der Waals surface area (Å²) >= 11 is 0. The van der Waals surface area contributed by atoms with Gasteiger partial charge in [0.2, 0.25) is 0 Å². The molecule has 4 N–H and O–H groups in total. The Bertz CT molecular complexity index is 918. The van der Waals surface area contributed by atoms with Crippen LogP contribution in [0, 0.1) is 6.92 Å². The number of aliphatic hydroxyl groups is 1. The number of hydrogen-bond acceptors (Lipinski definition) is 5. The number of carboxylic acid groups (broad SMARTS) is 2. The lowest BCUT2D eigenvalue weighted by Gasteiger charge is -1.98. The number of fused-ring (bicyclic) bond motifs is 3. The second-order valence-electron chi connectivity index (χ2n) is 5.31. The summed E-state index contributed by atoms with van der Waals surface area (Å²) in [4.78, 5) is 27.1. The van der Waals surface area contributed by atoms with E-state index in [1.807, 2.05) is 31.3 Å². The van der Waals surface area contributed by atoms with E-state index in [9.17, 15) is 9.59 Å². The van der Waals surface area contributed by atoms with Crippen molar-refractivity contribution in [3.05, 3.63) is 36.2 Å². The summed E-state index contributed by atoms with van der Waals surface area (Å²) in [7, 11) is 1.68. The molecule has 0 aliphatic rings. The molecule has 8 heteroatoms. The number of carboxylic acids is 2. The van der Waals surface area contributed by atoms with Crippen molar-refractivity contribution in [2.45, 2.75) is 19.4 Å². The Hall–Kier alpha value is -3.13. The molecule has 132 valence electrons. The third kappa shape index (κ3) is 4.24. The lowest BCUT2D eigenvalue weighted by atomic mass is 10.1. The van der Waals surface area contributed by atoms with Gasteiger partial charge in [-0.15, -0.1) is 0 Å². The monoisotopic (exact) mass is 346 g/mol. The molecule has 1 aromatic carbocycles. The van der Waals surface area contributed by atoms with E-state index in [2.05, 4.69) is 16.0 Å². The molecule has 1 atom stereocenters. The summed E-state index contributed by atoms with van der Waals surface area (Å²) in [5.74, 6) is -1.98. The molecular weight excluding hydrogens is 328 g/mol. The van der Waals surface area contributed by atoms with Crippen molar-refractivity contribution < 1.29 is 29.6 Å². The number of benzene rings is 1. The summed E-state index contributed by atoms with van der Waals surface area (Å²) in [6.45, 7) is 2.01. The number of rotatable bonds is 4. The predicted octanol–water partition coefficient (Wildman–Crippen LogP) is 1.94. The number of hydrogen-bond donors (Lipinski definition) is 4. The van der Waals surface area contributed by atoms with E-state index in [-0.39, 0.29) is 0 Å². The fourth-order valence-electron chi connectivity index (χ4n) is 2.32. The quantitative estimate of drug-likeness (QED) is 0.567. The number of methoxy groups -OCH3 is 1. The largest absolute Gasteiger partial charge is 0.497 e. The highest BCUT2D eigenvalue weighted by atomic mass is 16.5. The second kappa shape index (κ2) is 7.63. The van der Waals surface area contributed by atoms with Crippen LogP contribution < -0.4 is 4.74 Å². The van der Waals surface area contributed by atoms with E-state index in [4.69, 9.17) is 20.1 Å². The first-order valence-electron chi connectivity index (χ1n) is 7.37. The Morgan fingerprint density at radius 1 is 1.24 bits per heavy atom. The molecule has 0 saturated carbocycles. The van der Waals surface area contributed by atoms with Crippen molar-refractivity contribution in [1.82, 2.24) is 9.97 Å². The van der Waals surface area contributed by atoms with Crippen LogP contribution in [0.5, 0.6) is 5.75 Å². The van der Waals surface area contributed by atoms with Gasteiger partial charge in [0, 0.05) is 23.0 Å². The number of aryl methyl sites for hydroxylation is 1. The molecule has 2 heterocycles. The van der Waals surface area contributed by atoms with E-state index in [0.29, 0.717) is 0 Å². The van der Waals surface area contributed by atoms with Gasteiger partial charge in [-0.05, 0) is 25.1 Å². The van der Waals surface area contributed by atoms with Gasteiger partial charge in [0.1, 0.15) is 5.75 Å². The minimum absolute atomic E-state index is 0.755. The van der Waals surface area contributed by atoms with Crippen LogP contribution in [0.15, 0.2) is 30.5 Å². The van der Waals surface area contributed by atoms with Crippen LogP contribution in [-0.2, 0) is 9.59 Å². The van der Waals surface area contributed by atoms with Crippen molar-refractivity contribution in [3.63, 3.8) is 0 Å². The predicted molar refractivity (Wildman–Crippen MR) is 90.8 cm³/mol. The number of aromatic nitrogens is 2. The van der Waals surface area contributed by atoms with Crippen molar-refractivity contribution >= 4 is 33.7 Å². The minimum atomic E-state index is -1.79. The van der Waals surface area contributed by atoms with Gasteiger partial charge < -0.3 is 25.0 Å². The van der Waals surface area contributed by atoms with Gasteiger partial charge >= 0.3 is 11.9 Å². The van der Waals surface area contributed by atoms with Crippen molar-refractivity contribution in [3.8, 4) is 5.75 Å². The van der Waals surface area contributed by atoms with Crippen LogP contribution in [0.1, 0.15) is 12.1 Å². The fraction of sp³-hybridized carbons (Fsp3) is 0.235. The number of nitrogens with zero attached hydrogens (tertiary/aromatic N) is 1. The van der Waals surface area contributed by atoms with Gasteiger partial charge in [-0.1, -0.05) is 0 Å². The molecule has 3 aromatic rings. The summed E-state index contributed by atoms with van der Waals surface area (Å²) < 4.78 is 5.21.